The van der Waals surface area contributed by atoms with Crippen LogP contribution in [0.4, 0.5) is 0 Å². The first-order valence-electron chi connectivity index (χ1n) is 9.27. The molecule has 0 bridgehead atoms. The molecular formula is C20H27ClN2O2. The maximum Gasteiger partial charge on any atom is 0.253 e. The maximum absolute atomic E-state index is 12.8. The number of carbonyl (C=O) groups is 2. The summed E-state index contributed by atoms with van der Waals surface area (Å²) in [6.45, 7) is 7.51. The van der Waals surface area contributed by atoms with Gasteiger partial charge in [0.05, 0.1) is 0 Å². The highest BCUT2D eigenvalue weighted by Gasteiger charge is 2.33. The number of hydrogen-bond acceptors (Lipinski definition) is 2. The molecule has 2 amide bonds. The molecule has 0 radical (unpaired) electrons. The lowest BCUT2D eigenvalue weighted by atomic mass is 9.89. The third kappa shape index (κ3) is 4.35. The summed E-state index contributed by atoms with van der Waals surface area (Å²) in [6.07, 6.45) is 2.73. The number of nitrogens with zero attached hydrogens (tertiary/aromatic N) is 2. The molecule has 2 aliphatic rings. The van der Waals surface area contributed by atoms with Crippen molar-refractivity contribution in [2.45, 2.75) is 33.1 Å². The molecule has 0 spiro atoms. The first-order valence-corrected chi connectivity index (χ1v) is 9.65. The predicted molar refractivity (Wildman–Crippen MR) is 99.6 cm³/mol. The molecule has 2 aliphatic heterocycles. The number of hydrogen-bond donors (Lipinski definition) is 0. The van der Waals surface area contributed by atoms with Crippen LogP contribution in [-0.2, 0) is 4.79 Å². The van der Waals surface area contributed by atoms with Gasteiger partial charge in [-0.3, -0.25) is 9.59 Å². The Labute approximate surface area is 155 Å². The van der Waals surface area contributed by atoms with Crippen molar-refractivity contribution in [2.24, 2.45) is 17.8 Å². The topological polar surface area (TPSA) is 40.6 Å². The summed E-state index contributed by atoms with van der Waals surface area (Å²) in [4.78, 5) is 29.3. The standard InChI is InChI=1S/C20H27ClN2O2/c1-14-11-15(2)13-23(12-14)20(25)17-7-9-22(10-8-17)19(24)16-3-5-18(21)6-4-16/h3-6,14-15,17H,7-13H2,1-2H3/t14-,15-/m0/s1. The molecule has 0 saturated carbocycles. The van der Waals surface area contributed by atoms with Gasteiger partial charge in [0.25, 0.3) is 5.91 Å². The number of benzene rings is 1. The highest BCUT2D eigenvalue weighted by atomic mass is 35.5. The Morgan fingerprint density at radius 2 is 1.52 bits per heavy atom. The minimum Gasteiger partial charge on any atom is -0.342 e. The van der Waals surface area contributed by atoms with E-state index in [9.17, 15) is 9.59 Å². The molecule has 1 aromatic rings. The van der Waals surface area contributed by atoms with E-state index in [0.29, 0.717) is 35.5 Å². The van der Waals surface area contributed by atoms with Crippen molar-refractivity contribution < 1.29 is 9.59 Å². The third-order valence-corrected chi connectivity index (χ3v) is 5.66. The fraction of sp³-hybridized carbons (Fsp3) is 0.600. The van der Waals surface area contributed by atoms with E-state index in [4.69, 9.17) is 11.6 Å². The molecule has 0 aromatic heterocycles. The van der Waals surface area contributed by atoms with Gasteiger partial charge in [0.2, 0.25) is 5.91 Å². The molecule has 2 heterocycles. The fourth-order valence-corrected chi connectivity index (χ4v) is 4.33. The van der Waals surface area contributed by atoms with Crippen molar-refractivity contribution in [1.29, 1.82) is 0 Å². The summed E-state index contributed by atoms with van der Waals surface area (Å²) in [6, 6.07) is 7.00. The molecule has 25 heavy (non-hydrogen) atoms. The van der Waals surface area contributed by atoms with Crippen LogP contribution in [0.3, 0.4) is 0 Å². The second-order valence-corrected chi connectivity index (χ2v) is 8.20. The average molecular weight is 363 g/mol. The molecule has 1 aromatic carbocycles. The van der Waals surface area contributed by atoms with E-state index in [1.54, 1.807) is 24.3 Å². The smallest absolute Gasteiger partial charge is 0.253 e. The Morgan fingerprint density at radius 1 is 0.960 bits per heavy atom. The zero-order valence-corrected chi connectivity index (χ0v) is 15.8. The normalized spacial score (nSPS) is 25.1. The zero-order valence-electron chi connectivity index (χ0n) is 15.1. The van der Waals surface area contributed by atoms with Crippen LogP contribution in [0.2, 0.25) is 5.02 Å². The van der Waals surface area contributed by atoms with Crippen molar-refractivity contribution in [3.05, 3.63) is 34.9 Å². The number of rotatable bonds is 2. The monoisotopic (exact) mass is 362 g/mol. The molecule has 0 aliphatic carbocycles. The second-order valence-electron chi connectivity index (χ2n) is 7.76. The maximum atomic E-state index is 12.8. The fourth-order valence-electron chi connectivity index (χ4n) is 4.21. The predicted octanol–water partition coefficient (Wildman–Crippen LogP) is 3.70. The van der Waals surface area contributed by atoms with Gasteiger partial charge >= 0.3 is 0 Å². The van der Waals surface area contributed by atoms with E-state index in [-0.39, 0.29) is 17.7 Å². The van der Waals surface area contributed by atoms with Crippen molar-refractivity contribution >= 4 is 23.4 Å². The van der Waals surface area contributed by atoms with Crippen LogP contribution >= 0.6 is 11.6 Å². The van der Waals surface area contributed by atoms with Crippen molar-refractivity contribution in [1.82, 2.24) is 9.80 Å². The molecule has 5 heteroatoms. The van der Waals surface area contributed by atoms with Crippen LogP contribution in [0.5, 0.6) is 0 Å². The van der Waals surface area contributed by atoms with Gasteiger partial charge in [-0.25, -0.2) is 0 Å². The molecule has 3 rings (SSSR count). The van der Waals surface area contributed by atoms with Gasteiger partial charge in [0, 0.05) is 42.7 Å². The largest absolute Gasteiger partial charge is 0.342 e. The highest BCUT2D eigenvalue weighted by Crippen LogP contribution is 2.26. The number of likely N-dealkylation sites (tertiary alicyclic amines) is 2. The molecule has 2 fully saturated rings. The van der Waals surface area contributed by atoms with Crippen molar-refractivity contribution in [2.75, 3.05) is 26.2 Å². The summed E-state index contributed by atoms with van der Waals surface area (Å²) >= 11 is 5.88. The first-order chi connectivity index (χ1) is 11.9. The van der Waals surface area contributed by atoms with Crippen LogP contribution in [0.25, 0.3) is 0 Å². The van der Waals surface area contributed by atoms with Gasteiger partial charge in [-0.05, 0) is 55.4 Å². The molecule has 2 atom stereocenters. The summed E-state index contributed by atoms with van der Waals surface area (Å²) in [5.41, 5.74) is 0.660. The van der Waals surface area contributed by atoms with Gasteiger partial charge in [0.1, 0.15) is 0 Å². The van der Waals surface area contributed by atoms with E-state index in [1.807, 2.05) is 4.90 Å². The second kappa shape index (κ2) is 7.77. The Kier molecular flexibility index (Phi) is 5.67. The number of piperidine rings is 2. The Balaban J connectivity index is 1.55. The average Bonchev–Trinajstić information content (AvgIpc) is 2.60. The van der Waals surface area contributed by atoms with Crippen LogP contribution in [0.15, 0.2) is 24.3 Å². The summed E-state index contributed by atoms with van der Waals surface area (Å²) in [5.74, 6) is 1.55. The van der Waals surface area contributed by atoms with Gasteiger partial charge in [-0.1, -0.05) is 25.4 Å². The lowest BCUT2D eigenvalue weighted by molar-refractivity contribution is -0.139. The van der Waals surface area contributed by atoms with Gasteiger partial charge in [0.15, 0.2) is 0 Å². The van der Waals surface area contributed by atoms with Crippen LogP contribution in [-0.4, -0.2) is 47.8 Å². The van der Waals surface area contributed by atoms with Gasteiger partial charge in [-0.15, -0.1) is 0 Å². The SMILES string of the molecule is C[C@H]1C[C@H](C)CN(C(=O)C2CCN(C(=O)c3ccc(Cl)cc3)CC2)C1. The van der Waals surface area contributed by atoms with Crippen molar-refractivity contribution in [3.63, 3.8) is 0 Å². The molecule has 136 valence electrons. The lowest BCUT2D eigenvalue weighted by Crippen LogP contribution is -2.48. The van der Waals surface area contributed by atoms with Crippen molar-refractivity contribution in [3.8, 4) is 0 Å². The third-order valence-electron chi connectivity index (χ3n) is 5.40. The van der Waals surface area contributed by atoms with Crippen LogP contribution in [0, 0.1) is 17.8 Å². The Hall–Kier alpha value is -1.55. The van der Waals surface area contributed by atoms with Crippen LogP contribution in [0.1, 0.15) is 43.5 Å². The first kappa shape index (κ1) is 18.2. The summed E-state index contributed by atoms with van der Waals surface area (Å²) in [7, 11) is 0. The molecular weight excluding hydrogens is 336 g/mol. The highest BCUT2D eigenvalue weighted by molar-refractivity contribution is 6.30. The summed E-state index contributed by atoms with van der Waals surface area (Å²) < 4.78 is 0. The Morgan fingerprint density at radius 3 is 2.08 bits per heavy atom. The van der Waals surface area contributed by atoms with Crippen LogP contribution < -0.4 is 0 Å². The minimum absolute atomic E-state index is 0.0304. The molecule has 2 saturated heterocycles. The van der Waals surface area contributed by atoms with E-state index < -0.39 is 0 Å². The number of halogens is 1. The quantitative estimate of drug-likeness (QED) is 0.804. The number of amides is 2. The zero-order chi connectivity index (χ0) is 18.0. The van der Waals surface area contributed by atoms with E-state index in [1.165, 1.54) is 6.42 Å². The molecule has 0 N–H and O–H groups in total. The van der Waals surface area contributed by atoms with E-state index >= 15 is 0 Å². The summed E-state index contributed by atoms with van der Waals surface area (Å²) in [5, 5.41) is 0.630. The lowest BCUT2D eigenvalue weighted by Gasteiger charge is -2.39. The van der Waals surface area contributed by atoms with E-state index in [2.05, 4.69) is 18.7 Å². The van der Waals surface area contributed by atoms with E-state index in [0.717, 1.165) is 25.9 Å². The minimum atomic E-state index is 0.0304. The van der Waals surface area contributed by atoms with Gasteiger partial charge < -0.3 is 9.80 Å². The molecule has 4 nitrogen and oxygen atoms in total. The van der Waals surface area contributed by atoms with Gasteiger partial charge in [-0.2, -0.15) is 0 Å². The Bertz CT molecular complexity index is 613. The molecule has 0 unspecified atom stereocenters. The number of carbonyl (C=O) groups excluding carboxylic acids is 2.